The Morgan fingerprint density at radius 2 is 1.34 bits per heavy atom. The first-order chi connectivity index (χ1) is 26.2. The van der Waals surface area contributed by atoms with Crippen LogP contribution < -0.4 is 0 Å². The van der Waals surface area contributed by atoms with Crippen LogP contribution in [0.2, 0.25) is 0 Å². The minimum absolute atomic E-state index is 0.742. The fourth-order valence-corrected chi connectivity index (χ4v) is 9.73. The number of nitrogens with zero attached hydrogens (tertiary/aromatic N) is 3. The molecule has 0 bridgehead atoms. The molecule has 0 amide bonds. The average Bonchev–Trinajstić information content (AvgIpc) is 3.88. The van der Waals surface area contributed by atoms with Crippen LogP contribution in [-0.2, 0) is 6.42 Å². The summed E-state index contributed by atoms with van der Waals surface area (Å²) in [6.07, 6.45) is 4.01. The first kappa shape index (κ1) is 29.1. The van der Waals surface area contributed by atoms with E-state index in [0.29, 0.717) is 0 Å². The molecule has 0 atom stereocenters. The van der Waals surface area contributed by atoms with Crippen LogP contribution in [0, 0.1) is 0 Å². The molecule has 0 spiro atoms. The van der Waals surface area contributed by atoms with E-state index in [1.165, 1.54) is 48.1 Å². The lowest BCUT2D eigenvalue weighted by molar-refractivity contribution is 0.545. The van der Waals surface area contributed by atoms with E-state index < -0.39 is 0 Å². The maximum absolute atomic E-state index is 6.77. The predicted octanol–water partition coefficient (Wildman–Crippen LogP) is 13.0. The molecule has 0 radical (unpaired) electrons. The number of thiophene rings is 1. The Bertz CT molecular complexity index is 3360. The van der Waals surface area contributed by atoms with Gasteiger partial charge in [-0.25, -0.2) is 9.97 Å². The molecule has 0 fully saturated rings. The molecular weight excluding hydrogens is 667 g/mol. The van der Waals surface area contributed by atoms with Crippen LogP contribution in [0.3, 0.4) is 0 Å². The summed E-state index contributed by atoms with van der Waals surface area (Å²) in [5.74, 6) is 1.74. The molecule has 0 saturated heterocycles. The van der Waals surface area contributed by atoms with Crippen molar-refractivity contribution in [2.24, 2.45) is 0 Å². The van der Waals surface area contributed by atoms with Gasteiger partial charge in [0.1, 0.15) is 11.3 Å². The van der Waals surface area contributed by atoms with Gasteiger partial charge in [0.05, 0.1) is 26.9 Å². The lowest BCUT2D eigenvalue weighted by Crippen LogP contribution is -2.03. The summed E-state index contributed by atoms with van der Waals surface area (Å²) >= 11 is 1.77. The highest BCUT2D eigenvalue weighted by atomic mass is 32.1. The number of hydrogen-bond donors (Lipinski definition) is 0. The Hall–Kier alpha value is -6.56. The third-order valence-corrected chi connectivity index (χ3v) is 12.2. The summed E-state index contributed by atoms with van der Waals surface area (Å²) in [5, 5.41) is 9.64. The number of allylic oxidation sites excluding steroid dienone is 1. The van der Waals surface area contributed by atoms with Crippen molar-refractivity contribution in [2.75, 3.05) is 0 Å². The first-order valence-electron chi connectivity index (χ1n) is 18.1. The Morgan fingerprint density at radius 1 is 0.585 bits per heavy atom. The summed E-state index contributed by atoms with van der Waals surface area (Å²) in [7, 11) is 0. The van der Waals surface area contributed by atoms with Crippen LogP contribution in [-0.4, -0.2) is 14.5 Å². The highest BCUT2D eigenvalue weighted by Crippen LogP contribution is 2.44. The summed E-state index contributed by atoms with van der Waals surface area (Å²) in [6.45, 7) is 0. The molecular formula is C48H29N3OS. The zero-order valence-electron chi connectivity index (χ0n) is 28.5. The van der Waals surface area contributed by atoms with Crippen LogP contribution >= 0.6 is 11.3 Å². The molecule has 53 heavy (non-hydrogen) atoms. The number of rotatable bonds is 3. The van der Waals surface area contributed by atoms with Gasteiger partial charge >= 0.3 is 0 Å². The molecule has 5 heteroatoms. The number of aromatic nitrogens is 3. The van der Waals surface area contributed by atoms with Crippen molar-refractivity contribution in [1.82, 2.24) is 14.5 Å². The number of benzene rings is 7. The molecule has 7 aromatic carbocycles. The third kappa shape index (κ3) is 4.29. The second kappa shape index (κ2) is 11.0. The molecule has 0 N–H and O–H groups in total. The largest absolute Gasteiger partial charge is 0.460 e. The van der Waals surface area contributed by atoms with Crippen molar-refractivity contribution >= 4 is 91.5 Å². The molecule has 0 unspecified atom stereocenters. The number of fused-ring (bicyclic) bond motifs is 11. The van der Waals surface area contributed by atoms with Gasteiger partial charge in [0.2, 0.25) is 0 Å². The van der Waals surface area contributed by atoms with E-state index in [1.54, 1.807) is 11.3 Å². The van der Waals surface area contributed by atoms with E-state index in [0.717, 1.165) is 79.1 Å². The summed E-state index contributed by atoms with van der Waals surface area (Å²) < 4.78 is 11.5. The van der Waals surface area contributed by atoms with Crippen molar-refractivity contribution in [3.05, 3.63) is 169 Å². The normalized spacial score (nSPS) is 13.2. The highest BCUT2D eigenvalue weighted by Gasteiger charge is 2.26. The predicted molar refractivity (Wildman–Crippen MR) is 221 cm³/mol. The fraction of sp³-hybridized carbons (Fsp3) is 0.0417. The van der Waals surface area contributed by atoms with Crippen LogP contribution in [0.25, 0.3) is 97.1 Å². The quantitative estimate of drug-likeness (QED) is 0.185. The van der Waals surface area contributed by atoms with Gasteiger partial charge in [0.15, 0.2) is 5.82 Å². The van der Waals surface area contributed by atoms with Gasteiger partial charge in [-0.3, -0.25) is 0 Å². The second-order valence-electron chi connectivity index (χ2n) is 14.0. The molecule has 4 heterocycles. The second-order valence-corrected chi connectivity index (χ2v) is 15.1. The molecule has 1 aliphatic carbocycles. The Balaban J connectivity index is 1.06. The van der Waals surface area contributed by atoms with Gasteiger partial charge < -0.3 is 8.98 Å². The Labute approximate surface area is 307 Å². The fourth-order valence-electron chi connectivity index (χ4n) is 8.58. The smallest absolute Gasteiger partial charge is 0.160 e. The van der Waals surface area contributed by atoms with Gasteiger partial charge in [-0.15, -0.1) is 11.3 Å². The van der Waals surface area contributed by atoms with Gasteiger partial charge in [-0.2, -0.15) is 0 Å². The van der Waals surface area contributed by atoms with Crippen LogP contribution in [0.1, 0.15) is 23.6 Å². The SMILES string of the molecule is C1=C(c2nc(-c3ccc4ccccc4c3)c3sc4ccccc4c3n2)c2c(oc3cc(-n4c5ccccc5c5cc6ccccc6cc54)ccc23)CC1. The van der Waals surface area contributed by atoms with Crippen molar-refractivity contribution in [1.29, 1.82) is 0 Å². The summed E-state index contributed by atoms with van der Waals surface area (Å²) in [4.78, 5) is 10.8. The van der Waals surface area contributed by atoms with Crippen LogP contribution in [0.5, 0.6) is 0 Å². The minimum atomic E-state index is 0.742. The molecule has 12 rings (SSSR count). The van der Waals surface area contributed by atoms with E-state index in [-0.39, 0.29) is 0 Å². The number of aryl methyl sites for hydroxylation is 1. The monoisotopic (exact) mass is 695 g/mol. The molecule has 11 aromatic rings. The number of hydrogen-bond acceptors (Lipinski definition) is 4. The Morgan fingerprint density at radius 3 is 2.23 bits per heavy atom. The van der Waals surface area contributed by atoms with Crippen molar-refractivity contribution in [3.63, 3.8) is 0 Å². The first-order valence-corrected chi connectivity index (χ1v) is 18.9. The van der Waals surface area contributed by atoms with E-state index >= 15 is 0 Å². The molecule has 0 aliphatic heterocycles. The van der Waals surface area contributed by atoms with E-state index in [4.69, 9.17) is 14.4 Å². The number of furan rings is 1. The zero-order chi connectivity index (χ0) is 34.6. The van der Waals surface area contributed by atoms with E-state index in [2.05, 4.69) is 156 Å². The molecule has 1 aliphatic rings. The van der Waals surface area contributed by atoms with Crippen molar-refractivity contribution in [3.8, 4) is 16.9 Å². The standard InChI is InChI=1S/C48H29N3OS/c1-2-11-29-24-32(21-20-28(29)10-1)45-47-46(36-15-6-8-19-43(36)53-47)50-48(49-45)37-16-9-18-41-44(37)35-23-22-33(27-42(35)52-41)51-39-17-7-5-14-34(39)38-25-30-12-3-4-13-31(30)26-40(38)51/h1-8,10-17,19-27H,9,18H2. The van der Waals surface area contributed by atoms with Gasteiger partial charge in [-0.1, -0.05) is 103 Å². The molecule has 248 valence electrons. The topological polar surface area (TPSA) is 43.9 Å². The third-order valence-electron chi connectivity index (χ3n) is 11.0. The van der Waals surface area contributed by atoms with E-state index in [9.17, 15) is 0 Å². The van der Waals surface area contributed by atoms with Crippen LogP contribution in [0.15, 0.2) is 156 Å². The highest BCUT2D eigenvalue weighted by molar-refractivity contribution is 7.26. The van der Waals surface area contributed by atoms with Gasteiger partial charge in [0.25, 0.3) is 0 Å². The lowest BCUT2D eigenvalue weighted by Gasteiger charge is -2.14. The molecule has 4 nitrogen and oxygen atoms in total. The summed E-state index contributed by atoms with van der Waals surface area (Å²) in [6, 6.07) is 52.4. The average molecular weight is 696 g/mol. The summed E-state index contributed by atoms with van der Waals surface area (Å²) in [5.41, 5.74) is 9.54. The van der Waals surface area contributed by atoms with E-state index in [1.807, 2.05) is 0 Å². The molecule has 0 saturated carbocycles. The zero-order valence-corrected chi connectivity index (χ0v) is 29.3. The van der Waals surface area contributed by atoms with Crippen molar-refractivity contribution < 1.29 is 4.42 Å². The van der Waals surface area contributed by atoms with Crippen molar-refractivity contribution in [2.45, 2.75) is 12.8 Å². The van der Waals surface area contributed by atoms with Gasteiger partial charge in [0, 0.05) is 61.1 Å². The van der Waals surface area contributed by atoms with Crippen LogP contribution in [0.4, 0.5) is 0 Å². The minimum Gasteiger partial charge on any atom is -0.460 e. The number of para-hydroxylation sites is 1. The maximum atomic E-state index is 6.77. The lowest BCUT2D eigenvalue weighted by atomic mass is 9.93. The van der Waals surface area contributed by atoms with Gasteiger partial charge in [-0.05, 0) is 70.4 Å². The molecule has 4 aromatic heterocycles. The maximum Gasteiger partial charge on any atom is 0.160 e. The Kier molecular flexibility index (Phi) is 6.02.